The minimum absolute atomic E-state index is 0. The molecule has 0 aliphatic heterocycles. The molecular formula is C60H72ClF5. The van der Waals surface area contributed by atoms with Gasteiger partial charge < -0.3 is 0 Å². The molecule has 0 unspecified atom stereocenters. The van der Waals surface area contributed by atoms with Crippen molar-refractivity contribution < 1.29 is 26.2 Å². The molecule has 66 heavy (non-hydrogen) atoms. The summed E-state index contributed by atoms with van der Waals surface area (Å²) < 4.78 is 69.9. The Labute approximate surface area is 400 Å². The molecule has 354 valence electrons. The fraction of sp³-hybridized carbons (Fsp3) is 0.400. The monoisotopic (exact) mass is 923 g/mol. The van der Waals surface area contributed by atoms with E-state index in [0.29, 0.717) is 45.6 Å². The normalized spacial score (nSPS) is 21.8. The standard InChI is InChI=1S/C20H22ClF.2C20H22F2.3H2/c3*1-13-3-6-15(7-4-13)16-8-10-17(11-9-16)18-12-5-14(2)19(21)20(18)22;;;/h3*5,8-13,15H,3-4,6-7H2,1-2H3;3*1H. The Balaban J connectivity index is 0.000000221. The molecule has 0 nitrogen and oxygen atoms in total. The van der Waals surface area contributed by atoms with Crippen molar-refractivity contribution in [3.63, 3.8) is 0 Å². The van der Waals surface area contributed by atoms with Gasteiger partial charge >= 0.3 is 0 Å². The molecule has 3 saturated carbocycles. The summed E-state index contributed by atoms with van der Waals surface area (Å²) in [5.74, 6) is 1.11. The maximum absolute atomic E-state index is 14.3. The number of benzene rings is 6. The molecule has 6 aromatic rings. The van der Waals surface area contributed by atoms with Crippen LogP contribution in [0.4, 0.5) is 22.0 Å². The molecule has 0 bridgehead atoms. The summed E-state index contributed by atoms with van der Waals surface area (Å²) in [6.07, 6.45) is 15.2. The van der Waals surface area contributed by atoms with Crippen LogP contribution in [0.15, 0.2) is 109 Å². The lowest BCUT2D eigenvalue weighted by Gasteiger charge is -2.26. The lowest BCUT2D eigenvalue weighted by molar-refractivity contribution is 0.348. The first-order valence-electron chi connectivity index (χ1n) is 24.3. The van der Waals surface area contributed by atoms with Gasteiger partial charge in [0.2, 0.25) is 0 Å². The summed E-state index contributed by atoms with van der Waals surface area (Å²) in [6.45, 7) is 11.9. The Morgan fingerprint density at radius 3 is 0.879 bits per heavy atom. The van der Waals surface area contributed by atoms with Crippen molar-refractivity contribution in [2.45, 2.75) is 136 Å². The topological polar surface area (TPSA) is 0 Å². The average molecular weight is 924 g/mol. The van der Waals surface area contributed by atoms with Crippen molar-refractivity contribution in [1.82, 2.24) is 0 Å². The van der Waals surface area contributed by atoms with Crippen LogP contribution >= 0.6 is 11.6 Å². The van der Waals surface area contributed by atoms with E-state index in [2.05, 4.69) is 57.2 Å². The first kappa shape index (κ1) is 49.2. The molecule has 3 aliphatic rings. The molecule has 0 N–H and O–H groups in total. The largest absolute Gasteiger partial charge is 0.205 e. The fourth-order valence-corrected chi connectivity index (χ4v) is 10.4. The van der Waals surface area contributed by atoms with Gasteiger partial charge in [0.1, 0.15) is 5.82 Å². The fourth-order valence-electron chi connectivity index (χ4n) is 10.2. The third kappa shape index (κ3) is 11.9. The van der Waals surface area contributed by atoms with Gasteiger partial charge in [0, 0.05) is 21.0 Å². The van der Waals surface area contributed by atoms with Gasteiger partial charge in [-0.3, -0.25) is 0 Å². The second-order valence-corrected chi connectivity index (χ2v) is 20.3. The maximum atomic E-state index is 14.3. The molecule has 0 aromatic heterocycles. The van der Waals surface area contributed by atoms with E-state index in [1.165, 1.54) is 93.7 Å². The lowest BCUT2D eigenvalue weighted by Crippen LogP contribution is -2.10. The quantitative estimate of drug-likeness (QED) is 0.146. The number of halogens is 6. The van der Waals surface area contributed by atoms with Crippen LogP contribution in [0, 0.1) is 67.6 Å². The minimum atomic E-state index is -0.751. The number of rotatable bonds is 6. The lowest BCUT2D eigenvalue weighted by atomic mass is 9.79. The molecule has 6 heteroatoms. The van der Waals surface area contributed by atoms with Gasteiger partial charge in [0.05, 0.1) is 5.02 Å². The first-order chi connectivity index (χ1) is 31.7. The van der Waals surface area contributed by atoms with Crippen LogP contribution in [0.2, 0.25) is 5.02 Å². The Morgan fingerprint density at radius 2 is 0.591 bits per heavy atom. The van der Waals surface area contributed by atoms with Gasteiger partial charge in [-0.1, -0.05) is 180 Å². The molecule has 3 fully saturated rings. The highest BCUT2D eigenvalue weighted by molar-refractivity contribution is 6.31. The Bertz CT molecular complexity index is 2260. The smallest absolute Gasteiger partial charge is 0.166 e. The molecule has 0 atom stereocenters. The Morgan fingerprint density at radius 1 is 0.333 bits per heavy atom. The van der Waals surface area contributed by atoms with Gasteiger partial charge in [0.15, 0.2) is 23.3 Å². The highest BCUT2D eigenvalue weighted by Gasteiger charge is 2.23. The van der Waals surface area contributed by atoms with Gasteiger partial charge in [-0.2, -0.15) is 0 Å². The van der Waals surface area contributed by atoms with E-state index in [0.717, 1.165) is 40.0 Å². The van der Waals surface area contributed by atoms with Crippen LogP contribution in [0.25, 0.3) is 33.4 Å². The third-order valence-electron chi connectivity index (χ3n) is 15.0. The summed E-state index contributed by atoms with van der Waals surface area (Å²) >= 11 is 6.02. The highest BCUT2D eigenvalue weighted by atomic mass is 35.5. The number of aryl methyl sites for hydroxylation is 3. The highest BCUT2D eigenvalue weighted by Crippen LogP contribution is 2.40. The van der Waals surface area contributed by atoms with Gasteiger partial charge in [-0.25, -0.2) is 22.0 Å². The van der Waals surface area contributed by atoms with E-state index in [-0.39, 0.29) is 15.1 Å². The molecule has 0 saturated heterocycles. The van der Waals surface area contributed by atoms with Crippen molar-refractivity contribution >= 4 is 11.6 Å². The summed E-state index contributed by atoms with van der Waals surface area (Å²) in [7, 11) is 0. The zero-order valence-corrected chi connectivity index (χ0v) is 40.4. The van der Waals surface area contributed by atoms with Crippen LogP contribution in [0.1, 0.15) is 153 Å². The van der Waals surface area contributed by atoms with Crippen molar-refractivity contribution in [1.29, 1.82) is 0 Å². The van der Waals surface area contributed by atoms with E-state index in [1.807, 2.05) is 55.5 Å². The molecule has 6 aromatic carbocycles. The van der Waals surface area contributed by atoms with Crippen molar-refractivity contribution in [3.8, 4) is 33.4 Å². The molecule has 0 amide bonds. The SMILES string of the molecule is Cc1ccc(-c2ccc(C3CCC(C)CC3)cc2)c(F)c1Cl.Cc1ccc(-c2ccc(C3CCC(C)CC3)cc2)c(F)c1F.Cc1ccc(-c2ccc(C3CCC(C)CC3)cc2)c(F)c1F.[HH].[HH].[HH]. The van der Waals surface area contributed by atoms with Crippen LogP contribution in [-0.2, 0) is 0 Å². The molecular weight excluding hydrogens is 851 g/mol. The van der Waals surface area contributed by atoms with Crippen LogP contribution < -0.4 is 0 Å². The van der Waals surface area contributed by atoms with Crippen molar-refractivity contribution in [2.24, 2.45) is 17.8 Å². The van der Waals surface area contributed by atoms with E-state index in [9.17, 15) is 22.0 Å². The molecule has 0 radical (unpaired) electrons. The second kappa shape index (κ2) is 22.4. The van der Waals surface area contributed by atoms with Gasteiger partial charge in [0.25, 0.3) is 0 Å². The van der Waals surface area contributed by atoms with E-state index in [4.69, 9.17) is 11.6 Å². The Hall–Kier alpha value is -4.74. The van der Waals surface area contributed by atoms with Crippen LogP contribution in [-0.4, -0.2) is 0 Å². The van der Waals surface area contributed by atoms with E-state index >= 15 is 0 Å². The van der Waals surface area contributed by atoms with Crippen molar-refractivity contribution in [2.75, 3.05) is 0 Å². The zero-order valence-electron chi connectivity index (χ0n) is 39.6. The van der Waals surface area contributed by atoms with E-state index < -0.39 is 23.3 Å². The molecule has 9 rings (SSSR count). The minimum Gasteiger partial charge on any atom is -0.205 e. The molecule has 0 heterocycles. The summed E-state index contributed by atoms with van der Waals surface area (Å²) in [6, 6.07) is 34.6. The second-order valence-electron chi connectivity index (χ2n) is 19.9. The first-order valence-corrected chi connectivity index (χ1v) is 24.7. The van der Waals surface area contributed by atoms with Gasteiger partial charge in [-0.05, 0) is 145 Å². The third-order valence-corrected chi connectivity index (χ3v) is 15.4. The predicted octanol–water partition coefficient (Wildman–Crippen LogP) is 20.0. The van der Waals surface area contributed by atoms with Crippen molar-refractivity contribution in [3.05, 3.63) is 177 Å². The Kier molecular flexibility index (Phi) is 16.7. The van der Waals surface area contributed by atoms with Gasteiger partial charge in [-0.15, -0.1) is 0 Å². The number of hydrogen-bond acceptors (Lipinski definition) is 0. The molecule has 0 spiro atoms. The average Bonchev–Trinajstić information content (AvgIpc) is 3.33. The zero-order chi connectivity index (χ0) is 47.1. The predicted molar refractivity (Wildman–Crippen MR) is 272 cm³/mol. The summed E-state index contributed by atoms with van der Waals surface area (Å²) in [4.78, 5) is 0. The summed E-state index contributed by atoms with van der Waals surface area (Å²) in [5, 5.41) is 0.225. The molecule has 3 aliphatic carbocycles. The number of hydrogen-bond donors (Lipinski definition) is 0. The van der Waals surface area contributed by atoms with Crippen LogP contribution in [0.3, 0.4) is 0 Å². The van der Waals surface area contributed by atoms with Crippen LogP contribution in [0.5, 0.6) is 0 Å². The van der Waals surface area contributed by atoms with E-state index in [1.54, 1.807) is 38.1 Å². The summed E-state index contributed by atoms with van der Waals surface area (Å²) in [5.41, 5.74) is 9.13. The maximum Gasteiger partial charge on any atom is 0.166 e.